The molecule has 8 heteroatoms. The number of aromatic nitrogens is 2. The van der Waals surface area contributed by atoms with Crippen molar-refractivity contribution in [2.24, 2.45) is 0 Å². The molecule has 0 saturated carbocycles. The Kier molecular flexibility index (Phi) is 3.77. The van der Waals surface area contributed by atoms with E-state index in [1.54, 1.807) is 0 Å². The van der Waals surface area contributed by atoms with Crippen molar-refractivity contribution in [3.8, 4) is 0 Å². The number of rotatable bonds is 4. The van der Waals surface area contributed by atoms with Crippen LogP contribution in [-0.4, -0.2) is 62.3 Å². The molecule has 0 bridgehead atoms. The minimum atomic E-state index is -3.49. The maximum Gasteiger partial charge on any atom is 0.259 e. The zero-order valence-corrected chi connectivity index (χ0v) is 10.4. The summed E-state index contributed by atoms with van der Waals surface area (Å²) in [4.78, 5) is 0. The summed E-state index contributed by atoms with van der Waals surface area (Å²) in [5.74, 6) is 0. The van der Waals surface area contributed by atoms with Crippen LogP contribution in [0.1, 0.15) is 0 Å². The van der Waals surface area contributed by atoms with Gasteiger partial charge < -0.3 is 10.1 Å². The molecule has 2 N–H and O–H groups in total. The van der Waals surface area contributed by atoms with Gasteiger partial charge in [0.25, 0.3) is 10.0 Å². The standard InChI is InChI=1S/C9H16N4O3S/c1-13(7-8-6-10-4-5-16-8)17(14,15)9-2-3-11-12-9/h2-3,8,10H,4-7H2,1H3,(H,11,12). The molecular formula is C9H16N4O3S. The number of aromatic amines is 1. The van der Waals surface area contributed by atoms with Crippen LogP contribution in [0.15, 0.2) is 17.3 Å². The topological polar surface area (TPSA) is 87.3 Å². The lowest BCUT2D eigenvalue weighted by atomic mass is 10.3. The molecule has 2 rings (SSSR count). The second-order valence-electron chi connectivity index (χ2n) is 3.90. The Morgan fingerprint density at radius 1 is 1.65 bits per heavy atom. The van der Waals surface area contributed by atoms with Crippen molar-refractivity contribution in [1.29, 1.82) is 0 Å². The Labute approximate surface area is 100 Å². The van der Waals surface area contributed by atoms with Gasteiger partial charge in [-0.25, -0.2) is 8.42 Å². The van der Waals surface area contributed by atoms with Gasteiger partial charge in [0, 0.05) is 26.7 Å². The van der Waals surface area contributed by atoms with Crippen molar-refractivity contribution in [2.45, 2.75) is 11.1 Å². The highest BCUT2D eigenvalue weighted by Crippen LogP contribution is 2.11. The Bertz CT molecular complexity index is 439. The van der Waals surface area contributed by atoms with Crippen molar-refractivity contribution in [2.75, 3.05) is 33.3 Å². The zero-order valence-electron chi connectivity index (χ0n) is 9.59. The maximum absolute atomic E-state index is 12.0. The molecule has 7 nitrogen and oxygen atoms in total. The fourth-order valence-electron chi connectivity index (χ4n) is 1.68. The molecule has 1 aromatic heterocycles. The van der Waals surface area contributed by atoms with Crippen LogP contribution < -0.4 is 5.32 Å². The number of hydrogen-bond acceptors (Lipinski definition) is 5. The SMILES string of the molecule is CN(CC1CNCCO1)S(=O)(=O)c1ccn[nH]1. The highest BCUT2D eigenvalue weighted by molar-refractivity contribution is 7.89. The Balaban J connectivity index is 2.01. The first kappa shape index (κ1) is 12.5. The summed E-state index contributed by atoms with van der Waals surface area (Å²) in [5, 5.41) is 9.36. The molecule has 17 heavy (non-hydrogen) atoms. The van der Waals surface area contributed by atoms with Gasteiger partial charge in [-0.1, -0.05) is 0 Å². The molecule has 0 spiro atoms. The van der Waals surface area contributed by atoms with E-state index in [0.29, 0.717) is 19.7 Å². The third-order valence-corrected chi connectivity index (χ3v) is 4.38. The number of morpholine rings is 1. The number of sulfonamides is 1. The predicted molar refractivity (Wildman–Crippen MR) is 61.0 cm³/mol. The monoisotopic (exact) mass is 260 g/mol. The van der Waals surface area contributed by atoms with Crippen LogP contribution in [0.2, 0.25) is 0 Å². The molecule has 0 aromatic carbocycles. The average Bonchev–Trinajstić information content (AvgIpc) is 2.84. The van der Waals surface area contributed by atoms with Crippen LogP contribution in [0, 0.1) is 0 Å². The average molecular weight is 260 g/mol. The lowest BCUT2D eigenvalue weighted by Crippen LogP contribution is -2.45. The largest absolute Gasteiger partial charge is 0.374 e. The molecule has 1 fully saturated rings. The van der Waals surface area contributed by atoms with Crippen LogP contribution in [-0.2, 0) is 14.8 Å². The number of ether oxygens (including phenoxy) is 1. The first-order valence-electron chi connectivity index (χ1n) is 5.39. The fraction of sp³-hybridized carbons (Fsp3) is 0.667. The molecule has 1 atom stereocenters. The maximum atomic E-state index is 12.0. The van der Waals surface area contributed by atoms with Gasteiger partial charge in [0.05, 0.1) is 18.9 Å². The number of nitrogens with zero attached hydrogens (tertiary/aromatic N) is 2. The third-order valence-electron chi connectivity index (χ3n) is 2.63. The Morgan fingerprint density at radius 3 is 3.06 bits per heavy atom. The lowest BCUT2D eigenvalue weighted by Gasteiger charge is -2.27. The van der Waals surface area contributed by atoms with Crippen LogP contribution in [0.5, 0.6) is 0 Å². The predicted octanol–water partition coefficient (Wildman–Crippen LogP) is -0.981. The second kappa shape index (κ2) is 5.13. The Morgan fingerprint density at radius 2 is 2.47 bits per heavy atom. The highest BCUT2D eigenvalue weighted by Gasteiger charge is 2.25. The molecule has 1 aromatic rings. The van der Waals surface area contributed by atoms with Gasteiger partial charge in [-0.05, 0) is 6.07 Å². The van der Waals surface area contributed by atoms with E-state index < -0.39 is 10.0 Å². The van der Waals surface area contributed by atoms with Gasteiger partial charge >= 0.3 is 0 Å². The second-order valence-corrected chi connectivity index (χ2v) is 5.92. The molecule has 2 heterocycles. The van der Waals surface area contributed by atoms with Crippen molar-refractivity contribution in [3.63, 3.8) is 0 Å². The van der Waals surface area contributed by atoms with Crippen LogP contribution in [0.3, 0.4) is 0 Å². The van der Waals surface area contributed by atoms with Crippen LogP contribution in [0.4, 0.5) is 0 Å². The van der Waals surface area contributed by atoms with Crippen LogP contribution >= 0.6 is 0 Å². The molecule has 96 valence electrons. The van der Waals surface area contributed by atoms with Gasteiger partial charge in [-0.3, -0.25) is 5.10 Å². The number of H-pyrrole nitrogens is 1. The quantitative estimate of drug-likeness (QED) is 0.726. The summed E-state index contributed by atoms with van der Waals surface area (Å²) in [5.41, 5.74) is 0. The summed E-state index contributed by atoms with van der Waals surface area (Å²) in [6, 6.07) is 1.44. The van der Waals surface area contributed by atoms with Crippen LogP contribution in [0.25, 0.3) is 0 Å². The molecule has 0 radical (unpaired) electrons. The van der Waals surface area contributed by atoms with Crippen molar-refractivity contribution >= 4 is 10.0 Å². The van der Waals surface area contributed by atoms with E-state index in [4.69, 9.17) is 4.74 Å². The van der Waals surface area contributed by atoms with Crippen molar-refractivity contribution in [1.82, 2.24) is 19.8 Å². The van der Waals surface area contributed by atoms with E-state index in [1.165, 1.54) is 23.6 Å². The minimum absolute atomic E-state index is 0.101. The van der Waals surface area contributed by atoms with Gasteiger partial charge in [-0.2, -0.15) is 9.40 Å². The molecule has 1 unspecified atom stereocenters. The van der Waals surface area contributed by atoms with Crippen molar-refractivity contribution < 1.29 is 13.2 Å². The normalized spacial score (nSPS) is 21.9. The summed E-state index contributed by atoms with van der Waals surface area (Å²) in [6.45, 7) is 2.42. The molecule has 1 aliphatic rings. The van der Waals surface area contributed by atoms with Crippen molar-refractivity contribution in [3.05, 3.63) is 12.3 Å². The van der Waals surface area contributed by atoms with E-state index in [1.807, 2.05) is 0 Å². The molecular weight excluding hydrogens is 244 g/mol. The molecule has 1 saturated heterocycles. The summed E-state index contributed by atoms with van der Waals surface area (Å²) in [7, 11) is -1.95. The highest BCUT2D eigenvalue weighted by atomic mass is 32.2. The number of nitrogens with one attached hydrogen (secondary N) is 2. The third kappa shape index (κ3) is 2.83. The Hall–Kier alpha value is -0.960. The first-order chi connectivity index (χ1) is 8.10. The summed E-state index contributed by atoms with van der Waals surface area (Å²) >= 11 is 0. The first-order valence-corrected chi connectivity index (χ1v) is 6.83. The zero-order chi connectivity index (χ0) is 12.3. The smallest absolute Gasteiger partial charge is 0.259 e. The molecule has 1 aliphatic heterocycles. The lowest BCUT2D eigenvalue weighted by molar-refractivity contribution is 0.0206. The van der Waals surface area contributed by atoms with E-state index in [9.17, 15) is 8.42 Å². The number of hydrogen-bond donors (Lipinski definition) is 2. The van der Waals surface area contributed by atoms with E-state index in [2.05, 4.69) is 15.5 Å². The summed E-state index contributed by atoms with van der Waals surface area (Å²) < 4.78 is 30.8. The number of likely N-dealkylation sites (N-methyl/N-ethyl adjacent to an activating group) is 1. The molecule has 0 amide bonds. The minimum Gasteiger partial charge on any atom is -0.374 e. The fourth-order valence-corrected chi connectivity index (χ4v) is 2.78. The summed E-state index contributed by atoms with van der Waals surface area (Å²) in [6.07, 6.45) is 1.31. The molecule has 0 aliphatic carbocycles. The van der Waals surface area contributed by atoms with E-state index in [-0.39, 0.29) is 11.1 Å². The van der Waals surface area contributed by atoms with E-state index >= 15 is 0 Å². The van der Waals surface area contributed by atoms with Gasteiger partial charge in [0.2, 0.25) is 0 Å². The van der Waals surface area contributed by atoms with Gasteiger partial charge in [-0.15, -0.1) is 0 Å². The van der Waals surface area contributed by atoms with Gasteiger partial charge in [0.15, 0.2) is 5.03 Å². The van der Waals surface area contributed by atoms with Gasteiger partial charge in [0.1, 0.15) is 0 Å². The van der Waals surface area contributed by atoms with E-state index in [0.717, 1.165) is 6.54 Å².